The highest BCUT2D eigenvalue weighted by atomic mass is 16.7. The zero-order chi connectivity index (χ0) is 11.5. The summed E-state index contributed by atoms with van der Waals surface area (Å²) in [5.74, 6) is 0.0563. The zero-order valence-electron chi connectivity index (χ0n) is 9.77. The van der Waals surface area contributed by atoms with Gasteiger partial charge in [0.05, 0.1) is 12.3 Å². The van der Waals surface area contributed by atoms with Gasteiger partial charge in [-0.2, -0.15) is 5.06 Å². The monoisotopic (exact) mass is 219 g/mol. The molecule has 3 heteroatoms. The van der Waals surface area contributed by atoms with E-state index in [1.54, 1.807) is 0 Å². The number of anilines is 1. The van der Waals surface area contributed by atoms with E-state index in [-0.39, 0.29) is 11.8 Å². The van der Waals surface area contributed by atoms with Crippen molar-refractivity contribution < 1.29 is 9.63 Å². The molecule has 1 aromatic rings. The minimum absolute atomic E-state index is 0.00570. The molecule has 1 unspecified atom stereocenters. The standard InChI is InChI=1S/C13H17NO2/c1-3-10(2)13(15)14-12-7-5-4-6-11(12)8-9-16-14/h4-7,10H,3,8-9H2,1-2H3. The molecule has 0 radical (unpaired) electrons. The van der Waals surface area contributed by atoms with Crippen molar-refractivity contribution >= 4 is 11.6 Å². The van der Waals surface area contributed by atoms with Gasteiger partial charge >= 0.3 is 0 Å². The third-order valence-corrected chi connectivity index (χ3v) is 3.04. The lowest BCUT2D eigenvalue weighted by Gasteiger charge is -2.30. The molecule has 0 aliphatic carbocycles. The number of fused-ring (bicyclic) bond motifs is 1. The molecule has 0 fully saturated rings. The summed E-state index contributed by atoms with van der Waals surface area (Å²) in [5, 5.41) is 1.47. The molecule has 2 rings (SSSR count). The van der Waals surface area contributed by atoms with Crippen molar-refractivity contribution in [2.45, 2.75) is 26.7 Å². The lowest BCUT2D eigenvalue weighted by atomic mass is 10.1. The van der Waals surface area contributed by atoms with Gasteiger partial charge in [0, 0.05) is 12.3 Å². The number of para-hydroxylation sites is 1. The summed E-state index contributed by atoms with van der Waals surface area (Å²) in [5.41, 5.74) is 2.09. The number of carbonyl (C=O) groups excluding carboxylic acids is 1. The Morgan fingerprint density at radius 3 is 3.00 bits per heavy atom. The van der Waals surface area contributed by atoms with Crippen molar-refractivity contribution in [1.29, 1.82) is 0 Å². The van der Waals surface area contributed by atoms with Gasteiger partial charge in [0.15, 0.2) is 0 Å². The van der Waals surface area contributed by atoms with Gasteiger partial charge in [-0.3, -0.25) is 9.63 Å². The van der Waals surface area contributed by atoms with E-state index in [1.807, 2.05) is 32.0 Å². The normalized spacial score (nSPS) is 16.8. The molecule has 86 valence electrons. The molecule has 1 heterocycles. The van der Waals surface area contributed by atoms with Crippen molar-refractivity contribution in [2.75, 3.05) is 11.7 Å². The SMILES string of the molecule is CCC(C)C(=O)N1OCCc2ccccc21. The summed E-state index contributed by atoms with van der Waals surface area (Å²) in [6, 6.07) is 7.92. The molecule has 0 N–H and O–H groups in total. The lowest BCUT2D eigenvalue weighted by Crippen LogP contribution is -2.38. The molecule has 3 nitrogen and oxygen atoms in total. The van der Waals surface area contributed by atoms with Gasteiger partial charge in [0.2, 0.25) is 0 Å². The van der Waals surface area contributed by atoms with Gasteiger partial charge in [-0.05, 0) is 18.1 Å². The maximum atomic E-state index is 12.1. The van der Waals surface area contributed by atoms with Crippen molar-refractivity contribution in [2.24, 2.45) is 5.92 Å². The maximum Gasteiger partial charge on any atom is 0.253 e. The molecule has 0 bridgehead atoms. The zero-order valence-corrected chi connectivity index (χ0v) is 9.77. The molecule has 0 aromatic heterocycles. The molecule has 1 aliphatic rings. The predicted molar refractivity (Wildman–Crippen MR) is 63.0 cm³/mol. The van der Waals surface area contributed by atoms with Crippen molar-refractivity contribution in [3.63, 3.8) is 0 Å². The average Bonchev–Trinajstić information content (AvgIpc) is 2.36. The highest BCUT2D eigenvalue weighted by molar-refractivity contribution is 5.93. The fourth-order valence-electron chi connectivity index (χ4n) is 1.79. The first-order chi connectivity index (χ1) is 7.74. The first kappa shape index (κ1) is 11.1. The number of hydroxylamine groups is 1. The smallest absolute Gasteiger partial charge is 0.253 e. The van der Waals surface area contributed by atoms with E-state index in [2.05, 4.69) is 6.07 Å². The first-order valence-corrected chi connectivity index (χ1v) is 5.78. The van der Waals surface area contributed by atoms with Crippen molar-refractivity contribution in [1.82, 2.24) is 0 Å². The second kappa shape index (κ2) is 4.66. The van der Waals surface area contributed by atoms with Crippen molar-refractivity contribution in [3.8, 4) is 0 Å². The molecule has 1 atom stereocenters. The molecular formula is C13H17NO2. The van der Waals surface area contributed by atoms with Crippen molar-refractivity contribution in [3.05, 3.63) is 29.8 Å². The predicted octanol–water partition coefficient (Wildman–Crippen LogP) is 2.55. The van der Waals surface area contributed by atoms with E-state index in [0.29, 0.717) is 6.61 Å². The Kier molecular flexibility index (Phi) is 3.25. The Hall–Kier alpha value is -1.35. The molecule has 1 aliphatic heterocycles. The second-order valence-corrected chi connectivity index (χ2v) is 4.15. The summed E-state index contributed by atoms with van der Waals surface area (Å²) in [6.07, 6.45) is 1.71. The van der Waals surface area contributed by atoms with Gasteiger partial charge < -0.3 is 0 Å². The third kappa shape index (κ3) is 1.95. The lowest BCUT2D eigenvalue weighted by molar-refractivity contribution is -0.130. The molecule has 0 saturated carbocycles. The maximum absolute atomic E-state index is 12.1. The summed E-state index contributed by atoms with van der Waals surface area (Å²) >= 11 is 0. The van der Waals surface area contributed by atoms with Crippen LogP contribution in [0.5, 0.6) is 0 Å². The van der Waals surface area contributed by atoms with Crippen LogP contribution in [0.25, 0.3) is 0 Å². The Labute approximate surface area is 96.0 Å². The van der Waals surface area contributed by atoms with E-state index >= 15 is 0 Å². The second-order valence-electron chi connectivity index (χ2n) is 4.15. The van der Waals surface area contributed by atoms with E-state index in [1.165, 1.54) is 10.6 Å². The summed E-state index contributed by atoms with van der Waals surface area (Å²) in [4.78, 5) is 17.6. The van der Waals surface area contributed by atoms with Crippen LogP contribution >= 0.6 is 0 Å². The number of nitrogens with zero attached hydrogens (tertiary/aromatic N) is 1. The van der Waals surface area contributed by atoms with E-state index in [9.17, 15) is 4.79 Å². The minimum Gasteiger partial charge on any atom is -0.272 e. The highest BCUT2D eigenvalue weighted by Gasteiger charge is 2.26. The van der Waals surface area contributed by atoms with Crippen LogP contribution in [0.4, 0.5) is 5.69 Å². The van der Waals surface area contributed by atoms with Gasteiger partial charge in [0.1, 0.15) is 0 Å². The molecular weight excluding hydrogens is 202 g/mol. The van der Waals surface area contributed by atoms with Crippen LogP contribution in [0.3, 0.4) is 0 Å². The number of hydrogen-bond donors (Lipinski definition) is 0. The van der Waals surface area contributed by atoms with Crippen LogP contribution in [0, 0.1) is 5.92 Å². The highest BCUT2D eigenvalue weighted by Crippen LogP contribution is 2.27. The fraction of sp³-hybridized carbons (Fsp3) is 0.462. The van der Waals surface area contributed by atoms with Crippen LogP contribution < -0.4 is 5.06 Å². The first-order valence-electron chi connectivity index (χ1n) is 5.78. The molecule has 1 aromatic carbocycles. The molecule has 0 saturated heterocycles. The number of amides is 1. The number of carbonyl (C=O) groups is 1. The van der Waals surface area contributed by atoms with Crippen LogP contribution in [0.15, 0.2) is 24.3 Å². The summed E-state index contributed by atoms with van der Waals surface area (Å²) in [6.45, 7) is 4.53. The molecule has 0 spiro atoms. The van der Waals surface area contributed by atoms with Crippen LogP contribution in [-0.2, 0) is 16.1 Å². The molecule has 16 heavy (non-hydrogen) atoms. The number of rotatable bonds is 2. The number of hydrogen-bond acceptors (Lipinski definition) is 2. The Bertz CT molecular complexity index is 389. The van der Waals surface area contributed by atoms with Gasteiger partial charge in [0.25, 0.3) is 5.91 Å². The summed E-state index contributed by atoms with van der Waals surface area (Å²) in [7, 11) is 0. The fourth-order valence-corrected chi connectivity index (χ4v) is 1.79. The van der Waals surface area contributed by atoms with Crippen LogP contribution in [0.2, 0.25) is 0 Å². The van der Waals surface area contributed by atoms with Crippen LogP contribution in [-0.4, -0.2) is 12.5 Å². The van der Waals surface area contributed by atoms with Gasteiger partial charge in [-0.25, -0.2) is 0 Å². The van der Waals surface area contributed by atoms with E-state index in [4.69, 9.17) is 4.84 Å². The quantitative estimate of drug-likeness (QED) is 0.765. The van der Waals surface area contributed by atoms with E-state index in [0.717, 1.165) is 18.5 Å². The Morgan fingerprint density at radius 1 is 1.50 bits per heavy atom. The van der Waals surface area contributed by atoms with Crippen LogP contribution in [0.1, 0.15) is 25.8 Å². The van der Waals surface area contributed by atoms with Gasteiger partial charge in [-0.1, -0.05) is 32.0 Å². The summed E-state index contributed by atoms with van der Waals surface area (Å²) < 4.78 is 0. The minimum atomic E-state index is 0.00570. The topological polar surface area (TPSA) is 29.5 Å². The van der Waals surface area contributed by atoms with E-state index < -0.39 is 0 Å². The third-order valence-electron chi connectivity index (χ3n) is 3.04. The Balaban J connectivity index is 2.28. The average molecular weight is 219 g/mol. The number of benzene rings is 1. The largest absolute Gasteiger partial charge is 0.272 e. The Morgan fingerprint density at radius 2 is 2.25 bits per heavy atom. The molecule has 1 amide bonds. The van der Waals surface area contributed by atoms with Gasteiger partial charge in [-0.15, -0.1) is 0 Å².